The molecule has 0 spiro atoms. The number of hydrogen-bond acceptors (Lipinski definition) is 5. The highest BCUT2D eigenvalue weighted by Crippen LogP contribution is 2.33. The van der Waals surface area contributed by atoms with Gasteiger partial charge in [0.15, 0.2) is 0 Å². The number of rotatable bonds is 6. The standard InChI is InChI=1S/C19H21N3O5S/c1-27-17-12-14(6-9-16(17)22-10-2-3-19(22)24)21-18(23)11-13-4-7-15(8-5-13)28(20,25)26/h4-9,12H,2-3,10-11H2,1H3,(H,21,23)(H2,20,25,26). The second-order valence-electron chi connectivity index (χ2n) is 6.45. The highest BCUT2D eigenvalue weighted by molar-refractivity contribution is 7.89. The number of sulfonamides is 1. The van der Waals surface area contributed by atoms with Crippen molar-refractivity contribution >= 4 is 33.2 Å². The van der Waals surface area contributed by atoms with Crippen LogP contribution in [0.15, 0.2) is 47.4 Å². The number of methoxy groups -OCH3 is 1. The van der Waals surface area contributed by atoms with Crippen LogP contribution in [0, 0.1) is 0 Å². The van der Waals surface area contributed by atoms with Crippen LogP contribution in [0.1, 0.15) is 18.4 Å². The third-order valence-electron chi connectivity index (χ3n) is 4.44. The van der Waals surface area contributed by atoms with Gasteiger partial charge in [0, 0.05) is 24.7 Å². The van der Waals surface area contributed by atoms with Gasteiger partial charge in [-0.3, -0.25) is 9.59 Å². The van der Waals surface area contributed by atoms with E-state index in [2.05, 4.69) is 5.32 Å². The quantitative estimate of drug-likeness (QED) is 0.760. The Balaban J connectivity index is 1.69. The summed E-state index contributed by atoms with van der Waals surface area (Å²) >= 11 is 0. The molecular weight excluding hydrogens is 382 g/mol. The zero-order valence-electron chi connectivity index (χ0n) is 15.3. The van der Waals surface area contributed by atoms with Gasteiger partial charge in [-0.1, -0.05) is 12.1 Å². The number of nitrogens with zero attached hydrogens (tertiary/aromatic N) is 1. The first-order valence-electron chi connectivity index (χ1n) is 8.68. The van der Waals surface area contributed by atoms with E-state index in [4.69, 9.17) is 9.88 Å². The molecule has 2 aromatic carbocycles. The average molecular weight is 403 g/mol. The van der Waals surface area contributed by atoms with E-state index in [0.29, 0.717) is 35.7 Å². The first-order valence-corrected chi connectivity index (χ1v) is 10.2. The van der Waals surface area contributed by atoms with Crippen molar-refractivity contribution in [2.45, 2.75) is 24.2 Å². The predicted octanol–water partition coefficient (Wildman–Crippen LogP) is 1.65. The maximum absolute atomic E-state index is 12.3. The molecule has 3 rings (SSSR count). The summed E-state index contributed by atoms with van der Waals surface area (Å²) in [5, 5.41) is 7.83. The predicted molar refractivity (Wildman–Crippen MR) is 105 cm³/mol. The molecule has 9 heteroatoms. The molecule has 0 aromatic heterocycles. The van der Waals surface area contributed by atoms with E-state index in [-0.39, 0.29) is 23.1 Å². The highest BCUT2D eigenvalue weighted by atomic mass is 32.2. The van der Waals surface area contributed by atoms with Gasteiger partial charge in [0.1, 0.15) is 5.75 Å². The average Bonchev–Trinajstić information content (AvgIpc) is 3.07. The topological polar surface area (TPSA) is 119 Å². The molecule has 2 amide bonds. The molecule has 0 saturated carbocycles. The fourth-order valence-electron chi connectivity index (χ4n) is 3.07. The Labute approximate surface area is 163 Å². The summed E-state index contributed by atoms with van der Waals surface area (Å²) in [6.07, 6.45) is 1.40. The molecule has 3 N–H and O–H groups in total. The van der Waals surface area contributed by atoms with Gasteiger partial charge in [0.05, 0.1) is 24.1 Å². The van der Waals surface area contributed by atoms with E-state index in [1.807, 2.05) is 0 Å². The first-order chi connectivity index (χ1) is 13.3. The van der Waals surface area contributed by atoms with Crippen molar-refractivity contribution in [3.05, 3.63) is 48.0 Å². The van der Waals surface area contributed by atoms with Crippen LogP contribution in [0.3, 0.4) is 0 Å². The molecule has 0 atom stereocenters. The number of primary sulfonamides is 1. The molecule has 0 unspecified atom stereocenters. The van der Waals surface area contributed by atoms with Crippen LogP contribution in [-0.4, -0.2) is 33.9 Å². The van der Waals surface area contributed by atoms with Gasteiger partial charge >= 0.3 is 0 Å². The molecule has 28 heavy (non-hydrogen) atoms. The Hall–Kier alpha value is -2.91. The number of ether oxygens (including phenoxy) is 1. The van der Waals surface area contributed by atoms with Crippen molar-refractivity contribution in [2.24, 2.45) is 5.14 Å². The molecule has 1 aliphatic rings. The van der Waals surface area contributed by atoms with Crippen LogP contribution in [0.2, 0.25) is 0 Å². The van der Waals surface area contributed by atoms with Gasteiger partial charge in [-0.05, 0) is 36.2 Å². The van der Waals surface area contributed by atoms with E-state index < -0.39 is 10.0 Å². The van der Waals surface area contributed by atoms with Gasteiger partial charge < -0.3 is 15.0 Å². The number of nitrogens with two attached hydrogens (primary N) is 1. The lowest BCUT2D eigenvalue weighted by Gasteiger charge is -2.19. The summed E-state index contributed by atoms with van der Waals surface area (Å²) in [6.45, 7) is 0.648. The minimum atomic E-state index is -3.76. The number of anilines is 2. The van der Waals surface area contributed by atoms with E-state index in [1.165, 1.54) is 19.2 Å². The van der Waals surface area contributed by atoms with E-state index in [0.717, 1.165) is 6.42 Å². The van der Waals surface area contributed by atoms with Crippen LogP contribution < -0.4 is 20.1 Å². The fourth-order valence-corrected chi connectivity index (χ4v) is 3.58. The summed E-state index contributed by atoms with van der Waals surface area (Å²) < 4.78 is 27.9. The number of benzene rings is 2. The third kappa shape index (κ3) is 4.49. The van der Waals surface area contributed by atoms with Gasteiger partial charge in [-0.2, -0.15) is 0 Å². The summed E-state index contributed by atoms with van der Waals surface area (Å²) in [6, 6.07) is 10.9. The van der Waals surface area contributed by atoms with Crippen molar-refractivity contribution in [3.8, 4) is 5.75 Å². The van der Waals surface area contributed by atoms with E-state index in [9.17, 15) is 18.0 Å². The van der Waals surface area contributed by atoms with Crippen LogP contribution in [-0.2, 0) is 26.0 Å². The lowest BCUT2D eigenvalue weighted by Crippen LogP contribution is -2.24. The SMILES string of the molecule is COc1cc(NC(=O)Cc2ccc(S(N)(=O)=O)cc2)ccc1N1CCCC1=O. The first kappa shape index (κ1) is 19.8. The summed E-state index contributed by atoms with van der Waals surface area (Å²) in [7, 11) is -2.25. The highest BCUT2D eigenvalue weighted by Gasteiger charge is 2.24. The van der Waals surface area contributed by atoms with Crippen molar-refractivity contribution in [1.82, 2.24) is 0 Å². The molecule has 1 aliphatic heterocycles. The summed E-state index contributed by atoms with van der Waals surface area (Å²) in [5.74, 6) is 0.291. The van der Waals surface area contributed by atoms with Crippen LogP contribution in [0.4, 0.5) is 11.4 Å². The van der Waals surface area contributed by atoms with Crippen molar-refractivity contribution in [2.75, 3.05) is 23.9 Å². The Kier molecular flexibility index (Phi) is 5.66. The van der Waals surface area contributed by atoms with Crippen LogP contribution >= 0.6 is 0 Å². The molecule has 1 heterocycles. The third-order valence-corrected chi connectivity index (χ3v) is 5.37. The number of amides is 2. The zero-order valence-corrected chi connectivity index (χ0v) is 16.2. The minimum Gasteiger partial charge on any atom is -0.494 e. The van der Waals surface area contributed by atoms with Gasteiger partial charge in [0.25, 0.3) is 0 Å². The van der Waals surface area contributed by atoms with E-state index >= 15 is 0 Å². The molecule has 148 valence electrons. The molecule has 1 saturated heterocycles. The zero-order chi connectivity index (χ0) is 20.3. The Morgan fingerprint density at radius 3 is 2.50 bits per heavy atom. The smallest absolute Gasteiger partial charge is 0.238 e. The number of carbonyl (C=O) groups excluding carboxylic acids is 2. The van der Waals surface area contributed by atoms with Gasteiger partial charge in [-0.15, -0.1) is 0 Å². The molecule has 2 aromatic rings. The Bertz CT molecular complexity index is 1000. The van der Waals surface area contributed by atoms with Crippen LogP contribution in [0.5, 0.6) is 5.75 Å². The largest absolute Gasteiger partial charge is 0.494 e. The summed E-state index contributed by atoms with van der Waals surface area (Å²) in [5.41, 5.74) is 1.87. The summed E-state index contributed by atoms with van der Waals surface area (Å²) in [4.78, 5) is 25.9. The molecule has 8 nitrogen and oxygen atoms in total. The maximum Gasteiger partial charge on any atom is 0.238 e. The van der Waals surface area contributed by atoms with Crippen molar-refractivity contribution in [3.63, 3.8) is 0 Å². The lowest BCUT2D eigenvalue weighted by atomic mass is 10.1. The van der Waals surface area contributed by atoms with Crippen molar-refractivity contribution in [1.29, 1.82) is 0 Å². The molecule has 0 bridgehead atoms. The second kappa shape index (κ2) is 7.99. The van der Waals surface area contributed by atoms with Crippen LogP contribution in [0.25, 0.3) is 0 Å². The number of nitrogens with one attached hydrogen (secondary N) is 1. The fraction of sp³-hybridized carbons (Fsp3) is 0.263. The molecule has 0 aliphatic carbocycles. The monoisotopic (exact) mass is 403 g/mol. The van der Waals surface area contributed by atoms with Gasteiger partial charge in [0.2, 0.25) is 21.8 Å². The Morgan fingerprint density at radius 1 is 1.21 bits per heavy atom. The molecule has 0 radical (unpaired) electrons. The van der Waals surface area contributed by atoms with E-state index in [1.54, 1.807) is 35.2 Å². The number of carbonyl (C=O) groups is 2. The Morgan fingerprint density at radius 2 is 1.93 bits per heavy atom. The van der Waals surface area contributed by atoms with Gasteiger partial charge in [-0.25, -0.2) is 13.6 Å². The maximum atomic E-state index is 12.3. The minimum absolute atomic E-state index is 0.00607. The molecular formula is C19H21N3O5S. The van der Waals surface area contributed by atoms with Crippen molar-refractivity contribution < 1.29 is 22.7 Å². The molecule has 1 fully saturated rings. The second-order valence-corrected chi connectivity index (χ2v) is 8.01. The lowest BCUT2D eigenvalue weighted by molar-refractivity contribution is -0.117. The normalized spacial score (nSPS) is 14.2. The number of hydrogen-bond donors (Lipinski definition) is 2.